The van der Waals surface area contributed by atoms with Gasteiger partial charge in [-0.1, -0.05) is 84.9 Å². The van der Waals surface area contributed by atoms with Gasteiger partial charge in [0.05, 0.1) is 11.7 Å². The summed E-state index contributed by atoms with van der Waals surface area (Å²) in [6.45, 7) is 3.07. The number of carboxylic acids is 1. The lowest BCUT2D eigenvalue weighted by atomic mass is 9.97. The lowest BCUT2D eigenvalue weighted by Crippen LogP contribution is -2.44. The maximum Gasteiger partial charge on any atom is 0.490 e. The molecule has 4 atom stereocenters. The zero-order valence-corrected chi connectivity index (χ0v) is 24.4. The molecular formula is C30H34F3N2O7P. The molecule has 0 spiro atoms. The molecule has 0 aliphatic rings. The fourth-order valence-corrected chi connectivity index (χ4v) is 4.97. The summed E-state index contributed by atoms with van der Waals surface area (Å²) in [5, 5.41) is 9.77. The van der Waals surface area contributed by atoms with Gasteiger partial charge < -0.3 is 25.8 Å². The summed E-state index contributed by atoms with van der Waals surface area (Å²) in [5.74, 6) is -5.66. The van der Waals surface area contributed by atoms with Crippen molar-refractivity contribution in [2.45, 2.75) is 44.9 Å². The number of nitrogens with two attached hydrogens (primary N) is 1. The van der Waals surface area contributed by atoms with Crippen molar-refractivity contribution in [3.8, 4) is 11.1 Å². The van der Waals surface area contributed by atoms with Crippen LogP contribution in [-0.2, 0) is 36.7 Å². The molecule has 3 aromatic rings. The standard InChI is InChI=1S/C28H33N2O5P.C2HF3O2/c1-20(28(32)35-18-23-9-5-3-6-10-23)30-27(31)26(19-36(33,34)21(2)29)17-22-13-15-25(16-14-22)24-11-7-4-8-12-24;3-2(4,5)1(6)7/h3-16,20-21,26H,17-19,29H2,1-2H3,(H,30,31)(H,33,34);(H,6,7)/t20-,21?,26?;/m0./s1. The van der Waals surface area contributed by atoms with Crippen LogP contribution in [0.4, 0.5) is 13.2 Å². The second kappa shape index (κ2) is 16.0. The zero-order chi connectivity index (χ0) is 32.2. The highest BCUT2D eigenvalue weighted by Crippen LogP contribution is 2.46. The minimum atomic E-state index is -5.08. The van der Waals surface area contributed by atoms with Crippen LogP contribution < -0.4 is 11.1 Å². The molecule has 0 heterocycles. The largest absolute Gasteiger partial charge is 0.490 e. The Morgan fingerprint density at radius 1 is 0.884 bits per heavy atom. The smallest absolute Gasteiger partial charge is 0.475 e. The Hall–Kier alpha value is -3.99. The van der Waals surface area contributed by atoms with Gasteiger partial charge in [-0.05, 0) is 42.5 Å². The third-order valence-corrected chi connectivity index (χ3v) is 8.45. The van der Waals surface area contributed by atoms with E-state index in [1.807, 2.05) is 84.9 Å². The minimum Gasteiger partial charge on any atom is -0.475 e. The van der Waals surface area contributed by atoms with Crippen molar-refractivity contribution in [2.75, 3.05) is 6.16 Å². The molecule has 0 fully saturated rings. The molecule has 3 aromatic carbocycles. The molecule has 13 heteroatoms. The van der Waals surface area contributed by atoms with Crippen LogP contribution in [-0.4, -0.2) is 52.0 Å². The van der Waals surface area contributed by atoms with Crippen molar-refractivity contribution in [3.63, 3.8) is 0 Å². The molecule has 0 saturated carbocycles. The average molecular weight is 623 g/mol. The predicted molar refractivity (Wildman–Crippen MR) is 155 cm³/mol. The fraction of sp³-hybridized carbons (Fsp3) is 0.300. The van der Waals surface area contributed by atoms with E-state index in [1.165, 1.54) is 13.8 Å². The number of benzene rings is 3. The predicted octanol–water partition coefficient (Wildman–Crippen LogP) is 4.97. The quantitative estimate of drug-likeness (QED) is 0.173. The number of esters is 1. The Kier molecular flexibility index (Phi) is 13.1. The van der Waals surface area contributed by atoms with Gasteiger partial charge in [-0.25, -0.2) is 9.59 Å². The third kappa shape index (κ3) is 12.0. The first-order chi connectivity index (χ1) is 20.1. The number of hydrogen-bond acceptors (Lipinski definition) is 6. The molecule has 3 rings (SSSR count). The van der Waals surface area contributed by atoms with Crippen LogP contribution in [0, 0.1) is 5.92 Å². The van der Waals surface area contributed by atoms with Crippen molar-refractivity contribution in [1.29, 1.82) is 0 Å². The van der Waals surface area contributed by atoms with E-state index in [1.54, 1.807) is 0 Å². The number of aliphatic carboxylic acids is 1. The Morgan fingerprint density at radius 2 is 1.37 bits per heavy atom. The van der Waals surface area contributed by atoms with Gasteiger partial charge in [0.15, 0.2) is 0 Å². The second-order valence-electron chi connectivity index (χ2n) is 9.77. The molecule has 9 nitrogen and oxygen atoms in total. The molecule has 0 aliphatic carbocycles. The first kappa shape index (κ1) is 35.2. The molecule has 0 bridgehead atoms. The Morgan fingerprint density at radius 3 is 1.86 bits per heavy atom. The van der Waals surface area contributed by atoms with E-state index in [-0.39, 0.29) is 19.2 Å². The van der Waals surface area contributed by atoms with Crippen molar-refractivity contribution < 1.29 is 46.9 Å². The number of hydrogen-bond donors (Lipinski definition) is 4. The van der Waals surface area contributed by atoms with Crippen LogP contribution in [0.5, 0.6) is 0 Å². The maximum absolute atomic E-state index is 13.1. The summed E-state index contributed by atoms with van der Waals surface area (Å²) in [4.78, 5) is 44.9. The highest BCUT2D eigenvalue weighted by atomic mass is 31.2. The van der Waals surface area contributed by atoms with Crippen molar-refractivity contribution >= 4 is 25.2 Å². The molecule has 3 unspecified atom stereocenters. The van der Waals surface area contributed by atoms with Crippen molar-refractivity contribution in [3.05, 3.63) is 96.1 Å². The van der Waals surface area contributed by atoms with Gasteiger partial charge in [0, 0.05) is 6.16 Å². The Labute approximate surface area is 247 Å². The highest BCUT2D eigenvalue weighted by molar-refractivity contribution is 7.58. The summed E-state index contributed by atoms with van der Waals surface area (Å²) in [6, 6.07) is 25.9. The zero-order valence-electron chi connectivity index (χ0n) is 23.5. The topological polar surface area (TPSA) is 156 Å². The van der Waals surface area contributed by atoms with Crippen LogP contribution in [0.15, 0.2) is 84.9 Å². The highest BCUT2D eigenvalue weighted by Gasteiger charge is 2.38. The Bertz CT molecular complexity index is 1390. The van der Waals surface area contributed by atoms with E-state index in [0.717, 1.165) is 22.3 Å². The van der Waals surface area contributed by atoms with Gasteiger partial charge in [0.25, 0.3) is 0 Å². The second-order valence-corrected chi connectivity index (χ2v) is 12.5. The number of alkyl halides is 3. The number of carboxylic acid groups (broad SMARTS) is 1. The molecule has 1 amide bonds. The number of nitrogens with one attached hydrogen (secondary N) is 1. The molecule has 5 N–H and O–H groups in total. The average Bonchev–Trinajstić information content (AvgIpc) is 2.96. The lowest BCUT2D eigenvalue weighted by Gasteiger charge is -2.24. The number of halogens is 3. The van der Waals surface area contributed by atoms with Gasteiger partial charge in [-0.3, -0.25) is 9.36 Å². The molecular weight excluding hydrogens is 588 g/mol. The van der Waals surface area contributed by atoms with Crippen LogP contribution in [0.3, 0.4) is 0 Å². The van der Waals surface area contributed by atoms with Crippen LogP contribution in [0.25, 0.3) is 11.1 Å². The number of amides is 1. The fourth-order valence-electron chi connectivity index (χ4n) is 3.71. The van der Waals surface area contributed by atoms with Gasteiger partial charge in [0.1, 0.15) is 12.6 Å². The van der Waals surface area contributed by atoms with Gasteiger partial charge in [-0.15, -0.1) is 0 Å². The molecule has 0 radical (unpaired) electrons. The third-order valence-electron chi connectivity index (χ3n) is 6.21. The molecule has 232 valence electrons. The summed E-state index contributed by atoms with van der Waals surface area (Å²) < 4.78 is 49.7. The first-order valence-corrected chi connectivity index (χ1v) is 15.0. The van der Waals surface area contributed by atoms with Gasteiger partial charge >= 0.3 is 18.1 Å². The van der Waals surface area contributed by atoms with E-state index in [9.17, 15) is 32.2 Å². The van der Waals surface area contributed by atoms with Crippen LogP contribution in [0.2, 0.25) is 0 Å². The summed E-state index contributed by atoms with van der Waals surface area (Å²) in [7, 11) is -3.79. The number of ether oxygens (including phenoxy) is 1. The SMILES string of the molecule is CC(N)P(=O)(O)CC(Cc1ccc(-c2ccccc2)cc1)C(=O)N[C@@H](C)C(=O)OCc1ccccc1.O=C(O)C(F)(F)F. The van der Waals surface area contributed by atoms with Gasteiger partial charge in [-0.2, -0.15) is 13.2 Å². The summed E-state index contributed by atoms with van der Waals surface area (Å²) in [6.07, 6.45) is -5.15. The van der Waals surface area contributed by atoms with Crippen LogP contribution >= 0.6 is 7.37 Å². The number of carbonyl (C=O) groups is 3. The number of rotatable bonds is 11. The van der Waals surface area contributed by atoms with E-state index in [4.69, 9.17) is 20.4 Å². The molecule has 0 aliphatic heterocycles. The van der Waals surface area contributed by atoms with E-state index in [0.29, 0.717) is 0 Å². The van der Waals surface area contributed by atoms with E-state index in [2.05, 4.69) is 5.32 Å². The maximum atomic E-state index is 13.1. The summed E-state index contributed by atoms with van der Waals surface area (Å²) in [5.41, 5.74) is 9.48. The van der Waals surface area contributed by atoms with Crippen LogP contribution in [0.1, 0.15) is 25.0 Å². The first-order valence-electron chi connectivity index (χ1n) is 13.1. The molecule has 0 aromatic heterocycles. The molecule has 0 saturated heterocycles. The monoisotopic (exact) mass is 622 g/mol. The van der Waals surface area contributed by atoms with E-state index < -0.39 is 49.1 Å². The normalized spacial score (nSPS) is 14.6. The van der Waals surface area contributed by atoms with E-state index >= 15 is 0 Å². The lowest BCUT2D eigenvalue weighted by molar-refractivity contribution is -0.192. The number of carbonyl (C=O) groups excluding carboxylic acids is 2. The minimum absolute atomic E-state index is 0.0909. The molecule has 43 heavy (non-hydrogen) atoms. The van der Waals surface area contributed by atoms with Crippen molar-refractivity contribution in [1.82, 2.24) is 5.32 Å². The van der Waals surface area contributed by atoms with Crippen molar-refractivity contribution in [2.24, 2.45) is 11.7 Å². The van der Waals surface area contributed by atoms with Gasteiger partial charge in [0.2, 0.25) is 13.3 Å². The summed E-state index contributed by atoms with van der Waals surface area (Å²) >= 11 is 0. The Balaban J connectivity index is 0.000000821.